The van der Waals surface area contributed by atoms with Crippen molar-refractivity contribution in [1.29, 1.82) is 0 Å². The lowest BCUT2D eigenvalue weighted by Gasteiger charge is -2.43. The third-order valence-corrected chi connectivity index (χ3v) is 10.0. The number of benzene rings is 2. The summed E-state index contributed by atoms with van der Waals surface area (Å²) in [5.41, 5.74) is 8.35. The van der Waals surface area contributed by atoms with Gasteiger partial charge in [0.2, 0.25) is 5.95 Å². The minimum Gasteiger partial charge on any atom is -0.371 e. The van der Waals surface area contributed by atoms with Crippen molar-refractivity contribution in [2.24, 2.45) is 0 Å². The van der Waals surface area contributed by atoms with Crippen molar-refractivity contribution in [3.63, 3.8) is 0 Å². The summed E-state index contributed by atoms with van der Waals surface area (Å²) in [5, 5.41) is 7.09. The van der Waals surface area contributed by atoms with E-state index in [1.54, 1.807) is 24.3 Å². The van der Waals surface area contributed by atoms with Gasteiger partial charge in [-0.15, -0.1) is 0 Å². The van der Waals surface area contributed by atoms with Crippen LogP contribution in [-0.4, -0.2) is 95.4 Å². The largest absolute Gasteiger partial charge is 0.371 e. The Morgan fingerprint density at radius 3 is 2.38 bits per heavy atom. The number of anilines is 6. The number of nitrogens with zero attached hydrogens (tertiary/aromatic N) is 8. The summed E-state index contributed by atoms with van der Waals surface area (Å²) in [5.74, 6) is 1.35. The molecule has 11 heteroatoms. The number of fused-ring (bicyclic) bond motifs is 1. The summed E-state index contributed by atoms with van der Waals surface area (Å²) in [6.45, 7) is 11.4. The SMILES string of the molecule is CCc1cc(Nc2ncc(CC)c(Nc3ccc4nccnc4c3N(C)SC)n2)ccc1N1CCC(N2CCN(C)CC2)CC1. The van der Waals surface area contributed by atoms with Crippen LogP contribution in [0.3, 0.4) is 0 Å². The molecule has 0 atom stereocenters. The molecule has 0 radical (unpaired) electrons. The molecule has 2 aliphatic rings. The van der Waals surface area contributed by atoms with Gasteiger partial charge in [-0.2, -0.15) is 4.98 Å². The van der Waals surface area contributed by atoms with Gasteiger partial charge < -0.3 is 24.7 Å². The summed E-state index contributed by atoms with van der Waals surface area (Å²) in [6.07, 6.45) is 11.7. The van der Waals surface area contributed by atoms with Crippen LogP contribution < -0.4 is 19.8 Å². The number of likely N-dealkylation sites (N-methyl/N-ethyl adjacent to an activating group) is 1. The molecule has 2 aliphatic heterocycles. The Labute approximate surface area is 271 Å². The van der Waals surface area contributed by atoms with E-state index < -0.39 is 0 Å². The fraction of sp³-hybridized carbons (Fsp3) is 0.471. The molecule has 2 fully saturated rings. The van der Waals surface area contributed by atoms with Crippen molar-refractivity contribution >= 4 is 57.5 Å². The van der Waals surface area contributed by atoms with E-state index in [4.69, 9.17) is 4.98 Å². The van der Waals surface area contributed by atoms with Crippen molar-refractivity contribution in [3.05, 3.63) is 60.0 Å². The Morgan fingerprint density at radius 1 is 0.889 bits per heavy atom. The molecule has 10 nitrogen and oxygen atoms in total. The third kappa shape index (κ3) is 6.95. The molecule has 2 N–H and O–H groups in total. The van der Waals surface area contributed by atoms with Crippen LogP contribution in [0.5, 0.6) is 0 Å². The molecule has 6 rings (SSSR count). The summed E-state index contributed by atoms with van der Waals surface area (Å²) in [7, 11) is 4.27. The highest BCUT2D eigenvalue weighted by Gasteiger charge is 2.27. The Bertz CT molecular complexity index is 1600. The van der Waals surface area contributed by atoms with Crippen LogP contribution >= 0.6 is 11.9 Å². The molecule has 2 saturated heterocycles. The van der Waals surface area contributed by atoms with E-state index in [1.807, 2.05) is 25.4 Å². The lowest BCUT2D eigenvalue weighted by molar-refractivity contribution is 0.0982. The average Bonchev–Trinajstić information content (AvgIpc) is 3.08. The fourth-order valence-electron chi connectivity index (χ4n) is 6.54. The first-order valence-electron chi connectivity index (χ1n) is 16.2. The van der Waals surface area contributed by atoms with Crippen LogP contribution in [0.15, 0.2) is 48.9 Å². The Balaban J connectivity index is 1.18. The molecule has 0 bridgehead atoms. The monoisotopic (exact) mass is 626 g/mol. The van der Waals surface area contributed by atoms with Crippen molar-refractivity contribution in [1.82, 2.24) is 29.7 Å². The molecule has 0 spiro atoms. The second-order valence-electron chi connectivity index (χ2n) is 12.0. The van der Waals surface area contributed by atoms with Gasteiger partial charge in [0, 0.05) is 94.1 Å². The van der Waals surface area contributed by atoms with E-state index in [1.165, 1.54) is 50.3 Å². The first-order chi connectivity index (χ1) is 22.0. The maximum absolute atomic E-state index is 4.95. The highest BCUT2D eigenvalue weighted by atomic mass is 32.2. The van der Waals surface area contributed by atoms with Crippen molar-refractivity contribution in [2.45, 2.75) is 45.6 Å². The van der Waals surface area contributed by atoms with Crippen LogP contribution in [0.2, 0.25) is 0 Å². The summed E-state index contributed by atoms with van der Waals surface area (Å²) >= 11 is 1.63. The van der Waals surface area contributed by atoms with E-state index in [0.29, 0.717) is 12.0 Å². The number of aryl methyl sites for hydroxylation is 2. The van der Waals surface area contributed by atoms with Crippen molar-refractivity contribution in [3.8, 4) is 0 Å². The predicted octanol–water partition coefficient (Wildman–Crippen LogP) is 5.96. The van der Waals surface area contributed by atoms with E-state index in [0.717, 1.165) is 65.4 Å². The molecule has 4 aromatic rings. The zero-order valence-corrected chi connectivity index (χ0v) is 28.1. The minimum absolute atomic E-state index is 0.567. The van der Waals surface area contributed by atoms with Gasteiger partial charge in [-0.25, -0.2) is 4.98 Å². The first kappa shape index (κ1) is 31.3. The molecule has 238 valence electrons. The second-order valence-corrected chi connectivity index (χ2v) is 12.9. The molecule has 0 saturated carbocycles. The van der Waals surface area contributed by atoms with Crippen LogP contribution in [0.25, 0.3) is 11.0 Å². The summed E-state index contributed by atoms with van der Waals surface area (Å²) < 4.78 is 2.11. The quantitative estimate of drug-likeness (QED) is 0.204. The zero-order valence-electron chi connectivity index (χ0n) is 27.3. The van der Waals surface area contributed by atoms with Gasteiger partial charge >= 0.3 is 0 Å². The van der Waals surface area contributed by atoms with E-state index in [-0.39, 0.29) is 0 Å². The molecule has 0 amide bonds. The number of aromatic nitrogens is 4. The smallest absolute Gasteiger partial charge is 0.229 e. The number of rotatable bonds is 10. The highest BCUT2D eigenvalue weighted by molar-refractivity contribution is 7.99. The standard InChI is InChI=1S/C34H46N10S/c1-6-24-22-26(8-11-30(24)44-16-12-27(13-17-44)43-20-18-41(3)19-21-43)38-34-37-23-25(7-2)33(40-34)39-29-10-9-28-31(36-15-14-35-28)32(29)42(4)45-5/h8-11,14-15,22-23,27H,6-7,12-13,16-21H2,1-5H3,(H2,37,38,39,40). The second kappa shape index (κ2) is 14.2. The number of piperazine rings is 1. The summed E-state index contributed by atoms with van der Waals surface area (Å²) in [6, 6.07) is 11.5. The highest BCUT2D eigenvalue weighted by Crippen LogP contribution is 2.37. The van der Waals surface area contributed by atoms with Gasteiger partial charge in [0.25, 0.3) is 0 Å². The minimum atomic E-state index is 0.567. The van der Waals surface area contributed by atoms with Crippen LogP contribution in [-0.2, 0) is 12.8 Å². The van der Waals surface area contributed by atoms with Crippen molar-refractivity contribution < 1.29 is 0 Å². The maximum Gasteiger partial charge on any atom is 0.229 e. The van der Waals surface area contributed by atoms with Crippen LogP contribution in [0.1, 0.15) is 37.8 Å². The molecule has 2 aromatic heterocycles. The van der Waals surface area contributed by atoms with Gasteiger partial charge in [0.1, 0.15) is 11.3 Å². The fourth-order valence-corrected chi connectivity index (χ4v) is 6.90. The molecule has 4 heterocycles. The lowest BCUT2D eigenvalue weighted by atomic mass is 10.00. The molecular weight excluding hydrogens is 581 g/mol. The van der Waals surface area contributed by atoms with E-state index in [9.17, 15) is 0 Å². The Kier molecular flexibility index (Phi) is 9.87. The Morgan fingerprint density at radius 2 is 1.64 bits per heavy atom. The Hall–Kier alpha value is -3.67. The van der Waals surface area contributed by atoms with Crippen LogP contribution in [0, 0.1) is 0 Å². The normalized spacial score (nSPS) is 16.7. The van der Waals surface area contributed by atoms with Gasteiger partial charge in [0.05, 0.1) is 16.9 Å². The first-order valence-corrected chi connectivity index (χ1v) is 17.4. The number of nitrogens with one attached hydrogen (secondary N) is 2. The molecule has 45 heavy (non-hydrogen) atoms. The number of hydrogen-bond donors (Lipinski definition) is 2. The van der Waals surface area contributed by atoms with Crippen molar-refractivity contribution in [2.75, 3.05) is 79.5 Å². The van der Waals surface area contributed by atoms with E-state index >= 15 is 0 Å². The average molecular weight is 627 g/mol. The molecule has 2 aromatic carbocycles. The van der Waals surface area contributed by atoms with Gasteiger partial charge in [-0.05, 0) is 68.6 Å². The van der Waals surface area contributed by atoms with Gasteiger partial charge in [0.15, 0.2) is 0 Å². The van der Waals surface area contributed by atoms with E-state index in [2.05, 4.69) is 89.9 Å². The predicted molar refractivity (Wildman–Crippen MR) is 190 cm³/mol. The third-order valence-electron chi connectivity index (χ3n) is 9.28. The van der Waals surface area contributed by atoms with Gasteiger partial charge in [-0.3, -0.25) is 14.9 Å². The zero-order chi connectivity index (χ0) is 31.3. The molecular formula is C34H46N10S. The molecule has 0 unspecified atom stereocenters. The maximum atomic E-state index is 4.95. The topological polar surface area (TPSA) is 88.6 Å². The molecule has 0 aliphatic carbocycles. The lowest BCUT2D eigenvalue weighted by Crippen LogP contribution is -2.52. The number of hydrogen-bond acceptors (Lipinski definition) is 11. The van der Waals surface area contributed by atoms with Gasteiger partial charge in [-0.1, -0.05) is 25.8 Å². The van der Waals surface area contributed by atoms with Crippen LogP contribution in [0.4, 0.5) is 34.5 Å². The summed E-state index contributed by atoms with van der Waals surface area (Å²) in [4.78, 5) is 26.5. The number of piperidine rings is 1.